The van der Waals surface area contributed by atoms with E-state index in [1.807, 2.05) is 31.2 Å². The first-order valence-corrected chi connectivity index (χ1v) is 9.67. The van der Waals surface area contributed by atoms with E-state index in [0.717, 1.165) is 48.4 Å². The molecule has 1 aliphatic rings. The molecule has 0 atom stereocenters. The van der Waals surface area contributed by atoms with Gasteiger partial charge in [0.15, 0.2) is 0 Å². The Morgan fingerprint density at radius 3 is 2.82 bits per heavy atom. The highest BCUT2D eigenvalue weighted by Crippen LogP contribution is 2.22. The predicted octanol–water partition coefficient (Wildman–Crippen LogP) is 3.34. The van der Waals surface area contributed by atoms with Gasteiger partial charge in [0.2, 0.25) is 0 Å². The van der Waals surface area contributed by atoms with E-state index >= 15 is 0 Å². The van der Waals surface area contributed by atoms with Crippen LogP contribution in [0.1, 0.15) is 27.2 Å². The molecule has 2 aromatic carbocycles. The van der Waals surface area contributed by atoms with E-state index in [-0.39, 0.29) is 5.91 Å². The third kappa shape index (κ3) is 3.85. The summed E-state index contributed by atoms with van der Waals surface area (Å²) >= 11 is 0. The lowest BCUT2D eigenvalue weighted by molar-refractivity contribution is 0.0946. The van der Waals surface area contributed by atoms with E-state index in [1.54, 1.807) is 7.11 Å². The number of nitrogens with zero attached hydrogens (tertiary/aromatic N) is 2. The van der Waals surface area contributed by atoms with E-state index < -0.39 is 0 Å². The van der Waals surface area contributed by atoms with Crippen LogP contribution in [0.5, 0.6) is 5.75 Å². The molecule has 2 heterocycles. The summed E-state index contributed by atoms with van der Waals surface area (Å²) in [6.07, 6.45) is 1.07. The van der Waals surface area contributed by atoms with Crippen molar-refractivity contribution >= 4 is 16.8 Å². The first-order chi connectivity index (χ1) is 13.6. The fraction of sp³-hybridized carbons (Fsp3) is 0.304. The third-order valence-electron chi connectivity index (χ3n) is 5.38. The molecule has 3 aromatic rings. The van der Waals surface area contributed by atoms with Crippen LogP contribution in [-0.2, 0) is 13.0 Å². The van der Waals surface area contributed by atoms with Gasteiger partial charge in [-0.25, -0.2) is 0 Å². The van der Waals surface area contributed by atoms with Gasteiger partial charge in [-0.05, 0) is 42.7 Å². The van der Waals surface area contributed by atoms with Crippen LogP contribution in [0.25, 0.3) is 10.9 Å². The molecule has 4 rings (SSSR count). The van der Waals surface area contributed by atoms with Gasteiger partial charge in [-0.3, -0.25) is 14.7 Å². The summed E-state index contributed by atoms with van der Waals surface area (Å²) in [5.74, 6) is 0.694. The van der Waals surface area contributed by atoms with Crippen molar-refractivity contribution in [1.29, 1.82) is 0 Å². The number of hydrogen-bond donors (Lipinski definition) is 1. The van der Waals surface area contributed by atoms with Gasteiger partial charge in [0.25, 0.3) is 5.91 Å². The van der Waals surface area contributed by atoms with Crippen LogP contribution < -0.4 is 10.1 Å². The molecule has 0 unspecified atom stereocenters. The number of hydrogen-bond acceptors (Lipinski definition) is 4. The Morgan fingerprint density at radius 2 is 2.00 bits per heavy atom. The molecule has 144 valence electrons. The Balaban J connectivity index is 1.38. The largest absolute Gasteiger partial charge is 0.497 e. The van der Waals surface area contributed by atoms with Crippen LogP contribution in [0.4, 0.5) is 0 Å². The molecule has 0 saturated heterocycles. The number of aromatic nitrogens is 1. The molecule has 0 fully saturated rings. The Morgan fingerprint density at radius 1 is 1.18 bits per heavy atom. The number of amides is 1. The second-order valence-corrected chi connectivity index (χ2v) is 7.23. The molecule has 5 nitrogen and oxygen atoms in total. The maximum Gasteiger partial charge on any atom is 0.253 e. The van der Waals surface area contributed by atoms with E-state index in [1.165, 1.54) is 11.1 Å². The predicted molar refractivity (Wildman–Crippen MR) is 111 cm³/mol. The molecule has 1 aliphatic heterocycles. The number of aryl methyl sites for hydroxylation is 1. The topological polar surface area (TPSA) is 54.5 Å². The lowest BCUT2D eigenvalue weighted by atomic mass is 10.00. The van der Waals surface area contributed by atoms with E-state index in [9.17, 15) is 4.79 Å². The van der Waals surface area contributed by atoms with Gasteiger partial charge in [0.05, 0.1) is 23.9 Å². The summed E-state index contributed by atoms with van der Waals surface area (Å²) < 4.78 is 5.25. The second-order valence-electron chi connectivity index (χ2n) is 7.23. The smallest absolute Gasteiger partial charge is 0.253 e. The standard InChI is InChI=1S/C23H25N3O2/c1-16-21(13-18-7-8-20(28-2)14-22(18)25-16)23(27)24-10-12-26-11-9-17-5-3-4-6-19(17)15-26/h3-8,13-14H,9-12,15H2,1-2H3,(H,24,27). The van der Waals surface area contributed by atoms with Gasteiger partial charge in [-0.15, -0.1) is 0 Å². The number of benzene rings is 2. The molecular weight excluding hydrogens is 350 g/mol. The summed E-state index contributed by atoms with van der Waals surface area (Å²) in [6, 6.07) is 16.2. The van der Waals surface area contributed by atoms with Gasteiger partial charge in [0, 0.05) is 37.6 Å². The molecule has 28 heavy (non-hydrogen) atoms. The number of carbonyl (C=O) groups excluding carboxylic acids is 1. The Bertz CT molecular complexity index is 1020. The monoisotopic (exact) mass is 375 g/mol. The van der Waals surface area contributed by atoms with Crippen LogP contribution in [0, 0.1) is 6.92 Å². The van der Waals surface area contributed by atoms with Crippen molar-refractivity contribution in [2.75, 3.05) is 26.7 Å². The van der Waals surface area contributed by atoms with Crippen molar-refractivity contribution in [3.05, 3.63) is 70.9 Å². The molecule has 1 N–H and O–H groups in total. The zero-order chi connectivity index (χ0) is 19.5. The molecule has 1 aromatic heterocycles. The molecular formula is C23H25N3O2. The van der Waals surface area contributed by atoms with Crippen LogP contribution in [0.15, 0.2) is 48.5 Å². The first kappa shape index (κ1) is 18.4. The zero-order valence-corrected chi connectivity index (χ0v) is 16.4. The molecule has 0 bridgehead atoms. The third-order valence-corrected chi connectivity index (χ3v) is 5.38. The number of ether oxygens (including phenoxy) is 1. The molecule has 1 amide bonds. The summed E-state index contributed by atoms with van der Waals surface area (Å²) in [5.41, 5.74) is 5.02. The van der Waals surface area contributed by atoms with Crippen LogP contribution in [0.3, 0.4) is 0 Å². The van der Waals surface area contributed by atoms with E-state index in [2.05, 4.69) is 39.5 Å². The molecule has 0 aliphatic carbocycles. The molecule has 0 saturated carbocycles. The summed E-state index contributed by atoms with van der Waals surface area (Å²) in [5, 5.41) is 3.99. The summed E-state index contributed by atoms with van der Waals surface area (Å²) in [6.45, 7) is 5.32. The lowest BCUT2D eigenvalue weighted by Gasteiger charge is -2.28. The highest BCUT2D eigenvalue weighted by atomic mass is 16.5. The van der Waals surface area contributed by atoms with E-state index in [4.69, 9.17) is 4.74 Å². The number of pyridine rings is 1. The fourth-order valence-electron chi connectivity index (χ4n) is 3.77. The Hall–Kier alpha value is -2.92. The normalized spacial score (nSPS) is 13.9. The number of rotatable bonds is 5. The second kappa shape index (κ2) is 7.98. The van der Waals surface area contributed by atoms with Crippen molar-refractivity contribution in [2.45, 2.75) is 19.9 Å². The quantitative estimate of drug-likeness (QED) is 0.743. The zero-order valence-electron chi connectivity index (χ0n) is 16.4. The van der Waals surface area contributed by atoms with Crippen LogP contribution in [0.2, 0.25) is 0 Å². The van der Waals surface area contributed by atoms with Crippen molar-refractivity contribution in [3.8, 4) is 5.75 Å². The number of methoxy groups -OCH3 is 1. The highest BCUT2D eigenvalue weighted by molar-refractivity contribution is 5.98. The Labute approximate surface area is 165 Å². The average molecular weight is 375 g/mol. The van der Waals surface area contributed by atoms with Crippen LogP contribution in [-0.4, -0.2) is 42.5 Å². The summed E-state index contributed by atoms with van der Waals surface area (Å²) in [7, 11) is 1.64. The van der Waals surface area contributed by atoms with Crippen molar-refractivity contribution in [2.24, 2.45) is 0 Å². The minimum atomic E-state index is -0.0693. The first-order valence-electron chi connectivity index (χ1n) is 9.67. The fourth-order valence-corrected chi connectivity index (χ4v) is 3.77. The lowest BCUT2D eigenvalue weighted by Crippen LogP contribution is -2.38. The minimum absolute atomic E-state index is 0.0693. The van der Waals surface area contributed by atoms with E-state index in [0.29, 0.717) is 12.1 Å². The number of fused-ring (bicyclic) bond motifs is 2. The maximum absolute atomic E-state index is 12.7. The van der Waals surface area contributed by atoms with Gasteiger partial charge in [-0.2, -0.15) is 0 Å². The average Bonchev–Trinajstić information content (AvgIpc) is 2.72. The number of carbonyl (C=O) groups is 1. The van der Waals surface area contributed by atoms with Crippen molar-refractivity contribution in [3.63, 3.8) is 0 Å². The van der Waals surface area contributed by atoms with Crippen LogP contribution >= 0.6 is 0 Å². The molecule has 0 spiro atoms. The van der Waals surface area contributed by atoms with Crippen molar-refractivity contribution < 1.29 is 9.53 Å². The van der Waals surface area contributed by atoms with Gasteiger partial charge in [0.1, 0.15) is 5.75 Å². The SMILES string of the molecule is COc1ccc2cc(C(=O)NCCN3CCc4ccccc4C3)c(C)nc2c1. The number of nitrogens with one attached hydrogen (secondary N) is 1. The van der Waals surface area contributed by atoms with Gasteiger partial charge >= 0.3 is 0 Å². The Kier molecular flexibility index (Phi) is 5.26. The molecule has 5 heteroatoms. The minimum Gasteiger partial charge on any atom is -0.497 e. The molecule has 0 radical (unpaired) electrons. The summed E-state index contributed by atoms with van der Waals surface area (Å²) in [4.78, 5) is 19.6. The maximum atomic E-state index is 12.7. The van der Waals surface area contributed by atoms with Crippen molar-refractivity contribution in [1.82, 2.24) is 15.2 Å². The highest BCUT2D eigenvalue weighted by Gasteiger charge is 2.16. The van der Waals surface area contributed by atoms with Gasteiger partial charge in [-0.1, -0.05) is 24.3 Å². The van der Waals surface area contributed by atoms with Gasteiger partial charge < -0.3 is 10.1 Å².